The van der Waals surface area contributed by atoms with Crippen LogP contribution in [0.2, 0.25) is 0 Å². The summed E-state index contributed by atoms with van der Waals surface area (Å²) in [5.41, 5.74) is 7.63. The molecule has 0 saturated carbocycles. The van der Waals surface area contributed by atoms with Crippen LogP contribution in [-0.4, -0.2) is 63.9 Å². The standard InChI is InChI=1S/C30H29N7O3/c1-35(2)16-24-18(19-8-11-36(3)30(19)39)5-7-26(34-24)33-23-6-4-17(21-14-31-29(38)27(21)23)22-15-32-37-12-9-25-20(28(22)37)10-13-40-25/h4-7,9-10,12-13,15,19H,8,11,14,16H2,1-3H3,(H,31,38)(H,33,34). The number of pyridine rings is 2. The molecule has 2 aliphatic heterocycles. The summed E-state index contributed by atoms with van der Waals surface area (Å²) >= 11 is 0. The molecule has 1 fully saturated rings. The highest BCUT2D eigenvalue weighted by Crippen LogP contribution is 2.39. The molecule has 4 aromatic heterocycles. The Morgan fingerprint density at radius 3 is 2.80 bits per heavy atom. The number of carbonyl (C=O) groups is 2. The van der Waals surface area contributed by atoms with Crippen LogP contribution in [0.25, 0.3) is 27.6 Å². The number of nitrogens with one attached hydrogen (secondary N) is 2. The van der Waals surface area contributed by atoms with E-state index < -0.39 is 0 Å². The van der Waals surface area contributed by atoms with E-state index in [1.54, 1.807) is 11.2 Å². The molecule has 0 aliphatic carbocycles. The first kappa shape index (κ1) is 24.3. The number of aromatic nitrogens is 3. The predicted octanol–water partition coefficient (Wildman–Crippen LogP) is 4.14. The third-order valence-electron chi connectivity index (χ3n) is 7.91. The Morgan fingerprint density at radius 2 is 2.00 bits per heavy atom. The summed E-state index contributed by atoms with van der Waals surface area (Å²) in [4.78, 5) is 34.6. The zero-order chi connectivity index (χ0) is 27.5. The van der Waals surface area contributed by atoms with Gasteiger partial charge < -0.3 is 24.9 Å². The van der Waals surface area contributed by atoms with Gasteiger partial charge in [-0.25, -0.2) is 9.50 Å². The van der Waals surface area contributed by atoms with Crippen LogP contribution in [-0.2, 0) is 17.9 Å². The molecule has 7 rings (SSSR count). The largest absolute Gasteiger partial charge is 0.464 e. The zero-order valence-corrected chi connectivity index (χ0v) is 22.6. The van der Waals surface area contributed by atoms with E-state index >= 15 is 0 Å². The van der Waals surface area contributed by atoms with E-state index in [0.29, 0.717) is 30.2 Å². The molecule has 1 aromatic carbocycles. The number of amides is 2. The molecule has 202 valence electrons. The third kappa shape index (κ3) is 3.83. The number of carbonyl (C=O) groups excluding carboxylic acids is 2. The van der Waals surface area contributed by atoms with Crippen LogP contribution in [0.1, 0.15) is 39.5 Å². The summed E-state index contributed by atoms with van der Waals surface area (Å²) in [7, 11) is 5.82. The van der Waals surface area contributed by atoms with Gasteiger partial charge in [-0.1, -0.05) is 12.1 Å². The van der Waals surface area contributed by atoms with Crippen LogP contribution in [0, 0.1) is 0 Å². The first-order chi connectivity index (χ1) is 19.4. The van der Waals surface area contributed by atoms with E-state index in [4.69, 9.17) is 9.40 Å². The summed E-state index contributed by atoms with van der Waals surface area (Å²) in [5, 5.41) is 11.9. The Morgan fingerprint density at radius 1 is 1.12 bits per heavy atom. The molecule has 1 atom stereocenters. The van der Waals surface area contributed by atoms with Crippen LogP contribution >= 0.6 is 0 Å². The number of hydrogen-bond acceptors (Lipinski definition) is 7. The number of hydrogen-bond donors (Lipinski definition) is 2. The number of anilines is 2. The van der Waals surface area contributed by atoms with Gasteiger partial charge in [0, 0.05) is 43.8 Å². The third-order valence-corrected chi connectivity index (χ3v) is 7.91. The van der Waals surface area contributed by atoms with Gasteiger partial charge in [-0.3, -0.25) is 9.59 Å². The van der Waals surface area contributed by atoms with Crippen molar-refractivity contribution in [1.29, 1.82) is 0 Å². The van der Waals surface area contributed by atoms with Crippen molar-refractivity contribution in [1.82, 2.24) is 29.7 Å². The van der Waals surface area contributed by atoms with E-state index in [2.05, 4.69) is 15.7 Å². The highest BCUT2D eigenvalue weighted by Gasteiger charge is 2.33. The molecule has 40 heavy (non-hydrogen) atoms. The molecule has 6 heterocycles. The Balaban J connectivity index is 1.29. The second-order valence-corrected chi connectivity index (χ2v) is 10.8. The first-order valence-electron chi connectivity index (χ1n) is 13.3. The monoisotopic (exact) mass is 535 g/mol. The van der Waals surface area contributed by atoms with Gasteiger partial charge in [0.15, 0.2) is 0 Å². The normalized spacial score (nSPS) is 16.9. The zero-order valence-electron chi connectivity index (χ0n) is 22.6. The van der Waals surface area contributed by atoms with Crippen molar-refractivity contribution >= 4 is 39.8 Å². The number of rotatable bonds is 6. The number of fused-ring (bicyclic) bond motifs is 4. The van der Waals surface area contributed by atoms with Gasteiger partial charge in [0.05, 0.1) is 40.8 Å². The van der Waals surface area contributed by atoms with Crippen molar-refractivity contribution in [3.63, 3.8) is 0 Å². The lowest BCUT2D eigenvalue weighted by Gasteiger charge is -2.19. The van der Waals surface area contributed by atoms with Crippen molar-refractivity contribution in [2.45, 2.75) is 25.4 Å². The van der Waals surface area contributed by atoms with Crippen LogP contribution in [0.15, 0.2) is 59.5 Å². The van der Waals surface area contributed by atoms with E-state index in [9.17, 15) is 9.59 Å². The second kappa shape index (κ2) is 9.20. The number of nitrogens with zero attached hydrogens (tertiary/aromatic N) is 5. The van der Waals surface area contributed by atoms with Gasteiger partial charge >= 0.3 is 0 Å². The molecule has 0 bridgehead atoms. The molecule has 10 nitrogen and oxygen atoms in total. The van der Waals surface area contributed by atoms with Crippen LogP contribution in [0.4, 0.5) is 11.5 Å². The first-order valence-corrected chi connectivity index (χ1v) is 13.3. The molecule has 2 amide bonds. The van der Waals surface area contributed by atoms with E-state index in [1.165, 1.54) is 0 Å². The summed E-state index contributed by atoms with van der Waals surface area (Å²) in [5.74, 6) is 0.454. The van der Waals surface area contributed by atoms with Gasteiger partial charge in [0.2, 0.25) is 5.91 Å². The molecule has 1 unspecified atom stereocenters. The van der Waals surface area contributed by atoms with Crippen LogP contribution in [0.3, 0.4) is 0 Å². The fraction of sp³-hybridized carbons (Fsp3) is 0.267. The van der Waals surface area contributed by atoms with Gasteiger partial charge in [0.25, 0.3) is 5.91 Å². The minimum absolute atomic E-state index is 0.131. The minimum Gasteiger partial charge on any atom is -0.464 e. The minimum atomic E-state index is -0.177. The summed E-state index contributed by atoms with van der Waals surface area (Å²) in [6.07, 6.45) is 6.17. The van der Waals surface area contributed by atoms with Gasteiger partial charge in [-0.15, -0.1) is 0 Å². The number of furan rings is 1. The Bertz CT molecular complexity index is 1820. The second-order valence-electron chi connectivity index (χ2n) is 10.8. The number of likely N-dealkylation sites (N-methyl/N-ethyl adjacent to an activating group) is 1. The average molecular weight is 536 g/mol. The van der Waals surface area contributed by atoms with Crippen LogP contribution in [0.5, 0.6) is 0 Å². The van der Waals surface area contributed by atoms with Crippen molar-refractivity contribution in [2.75, 3.05) is 33.0 Å². The Kier molecular flexibility index (Phi) is 5.60. The number of likely N-dealkylation sites (tertiary alicyclic amines) is 1. The molecule has 2 N–H and O–H groups in total. The maximum absolute atomic E-state index is 13.1. The van der Waals surface area contributed by atoms with Gasteiger partial charge in [-0.2, -0.15) is 5.10 Å². The molecule has 2 aliphatic rings. The van der Waals surface area contributed by atoms with Crippen molar-refractivity contribution < 1.29 is 14.0 Å². The molecular weight excluding hydrogens is 506 g/mol. The quantitative estimate of drug-likeness (QED) is 0.337. The topological polar surface area (TPSA) is 108 Å². The summed E-state index contributed by atoms with van der Waals surface area (Å²) < 4.78 is 7.45. The molecule has 1 saturated heterocycles. The molecule has 5 aromatic rings. The molecule has 0 radical (unpaired) electrons. The highest BCUT2D eigenvalue weighted by atomic mass is 16.3. The van der Waals surface area contributed by atoms with Crippen LogP contribution < -0.4 is 10.6 Å². The highest BCUT2D eigenvalue weighted by molar-refractivity contribution is 6.08. The van der Waals surface area contributed by atoms with Crippen molar-refractivity contribution in [3.05, 3.63) is 77.4 Å². The van der Waals surface area contributed by atoms with Crippen molar-refractivity contribution in [2.24, 2.45) is 0 Å². The Hall–Kier alpha value is -4.70. The SMILES string of the molecule is CN(C)Cc1nc(Nc2ccc(-c3cnn4ccc5occc5c34)c3c2C(=O)NC3)ccc1C1CCN(C)C1=O. The molecule has 10 heteroatoms. The predicted molar refractivity (Wildman–Crippen MR) is 151 cm³/mol. The Labute approximate surface area is 230 Å². The smallest absolute Gasteiger partial charge is 0.254 e. The van der Waals surface area contributed by atoms with E-state index in [-0.39, 0.29) is 17.7 Å². The lowest BCUT2D eigenvalue weighted by molar-refractivity contribution is -0.127. The van der Waals surface area contributed by atoms with E-state index in [0.717, 1.165) is 57.4 Å². The van der Waals surface area contributed by atoms with Gasteiger partial charge in [-0.05, 0) is 61.5 Å². The fourth-order valence-corrected chi connectivity index (χ4v) is 6.00. The summed E-state index contributed by atoms with van der Waals surface area (Å²) in [6, 6.07) is 11.7. The molecular formula is C30H29N7O3. The lowest BCUT2D eigenvalue weighted by Crippen LogP contribution is -2.23. The maximum Gasteiger partial charge on any atom is 0.254 e. The summed E-state index contributed by atoms with van der Waals surface area (Å²) in [6.45, 7) is 1.78. The van der Waals surface area contributed by atoms with E-state index in [1.807, 2.05) is 79.4 Å². The molecule has 0 spiro atoms. The van der Waals surface area contributed by atoms with Gasteiger partial charge in [0.1, 0.15) is 11.4 Å². The van der Waals surface area contributed by atoms with Crippen molar-refractivity contribution in [3.8, 4) is 11.1 Å². The average Bonchev–Trinajstić information content (AvgIpc) is 3.72. The maximum atomic E-state index is 13.1. The fourth-order valence-electron chi connectivity index (χ4n) is 6.00. The number of benzene rings is 1. The lowest BCUT2D eigenvalue weighted by atomic mass is 9.95.